The Morgan fingerprint density at radius 2 is 1.78 bits per heavy atom. The van der Waals surface area contributed by atoms with Crippen molar-refractivity contribution in [3.63, 3.8) is 0 Å². The zero-order valence-electron chi connectivity index (χ0n) is 12.8. The van der Waals surface area contributed by atoms with Gasteiger partial charge in [-0.15, -0.1) is 0 Å². The van der Waals surface area contributed by atoms with E-state index < -0.39 is 14.9 Å². The molecule has 4 rings (SSSR count). The van der Waals surface area contributed by atoms with Gasteiger partial charge in [0.05, 0.1) is 9.82 Å². The van der Waals surface area contributed by atoms with Crippen LogP contribution in [0.15, 0.2) is 35.2 Å². The van der Waals surface area contributed by atoms with E-state index in [0.717, 1.165) is 0 Å². The molecule has 122 valence electrons. The van der Waals surface area contributed by atoms with E-state index in [1.165, 1.54) is 24.6 Å². The molecule has 2 aliphatic carbocycles. The molecule has 1 aliphatic heterocycles. The molecule has 0 aromatic heterocycles. The summed E-state index contributed by atoms with van der Waals surface area (Å²) in [5.74, 6) is 1.89. The third-order valence-corrected chi connectivity index (χ3v) is 7.61. The van der Waals surface area contributed by atoms with Gasteiger partial charge < -0.3 is 0 Å². The van der Waals surface area contributed by atoms with Crippen LogP contribution in [-0.2, 0) is 10.0 Å². The number of allylic oxidation sites excluding steroid dienone is 2. The van der Waals surface area contributed by atoms with Gasteiger partial charge in [-0.2, -0.15) is 4.31 Å². The van der Waals surface area contributed by atoms with E-state index in [1.54, 1.807) is 11.2 Å². The lowest BCUT2D eigenvalue weighted by Crippen LogP contribution is -2.31. The quantitative estimate of drug-likeness (QED) is 0.483. The molecule has 2 bridgehead atoms. The molecule has 1 aromatic carbocycles. The van der Waals surface area contributed by atoms with Gasteiger partial charge in [-0.1, -0.05) is 12.2 Å². The van der Waals surface area contributed by atoms with Crippen molar-refractivity contribution in [1.29, 1.82) is 0 Å². The molecule has 0 amide bonds. The van der Waals surface area contributed by atoms with Crippen molar-refractivity contribution in [3.8, 4) is 0 Å². The lowest BCUT2D eigenvalue weighted by Gasteiger charge is -2.19. The van der Waals surface area contributed by atoms with E-state index in [2.05, 4.69) is 12.2 Å². The van der Waals surface area contributed by atoms with Crippen molar-refractivity contribution in [1.82, 2.24) is 4.31 Å². The van der Waals surface area contributed by atoms with Crippen LogP contribution >= 0.6 is 0 Å². The summed E-state index contributed by atoms with van der Waals surface area (Å²) in [7, 11) is -3.59. The van der Waals surface area contributed by atoms with Crippen LogP contribution in [0.2, 0.25) is 0 Å². The molecule has 1 heterocycles. The average molecular weight is 334 g/mol. The highest BCUT2D eigenvalue weighted by Crippen LogP contribution is 2.52. The van der Waals surface area contributed by atoms with E-state index in [-0.39, 0.29) is 10.6 Å². The number of hydrogen-bond donors (Lipinski definition) is 0. The zero-order valence-corrected chi connectivity index (χ0v) is 13.6. The maximum Gasteiger partial charge on any atom is 0.269 e. The summed E-state index contributed by atoms with van der Waals surface area (Å²) in [6, 6.07) is 3.96. The van der Waals surface area contributed by atoms with Gasteiger partial charge in [-0.25, -0.2) is 8.42 Å². The van der Waals surface area contributed by atoms with E-state index in [1.807, 2.05) is 0 Å². The van der Waals surface area contributed by atoms with E-state index in [0.29, 0.717) is 42.3 Å². The fourth-order valence-corrected chi connectivity index (χ4v) is 6.21. The summed E-state index contributed by atoms with van der Waals surface area (Å²) in [5.41, 5.74) is 0.347. The number of nitrogens with zero attached hydrogens (tertiary/aromatic N) is 2. The van der Waals surface area contributed by atoms with E-state index >= 15 is 0 Å². The third-order valence-electron chi connectivity index (χ3n) is 5.62. The Morgan fingerprint density at radius 3 is 2.30 bits per heavy atom. The maximum absolute atomic E-state index is 12.9. The van der Waals surface area contributed by atoms with Crippen molar-refractivity contribution in [3.05, 3.63) is 46.0 Å². The zero-order chi connectivity index (χ0) is 16.4. The standard InChI is InChI=1S/C16H18N2O4S/c1-10-6-13(18(19)20)4-5-16(10)23(21,22)17-8-14-11-2-3-12(7-11)15(14)9-17/h2-6,11-12,14-15H,7-9H2,1H3. The van der Waals surface area contributed by atoms with Gasteiger partial charge in [0.25, 0.3) is 5.69 Å². The van der Waals surface area contributed by atoms with Crippen molar-refractivity contribution in [2.24, 2.45) is 23.7 Å². The van der Waals surface area contributed by atoms with E-state index in [9.17, 15) is 18.5 Å². The number of benzene rings is 1. The van der Waals surface area contributed by atoms with Crippen LogP contribution < -0.4 is 0 Å². The van der Waals surface area contributed by atoms with E-state index in [4.69, 9.17) is 0 Å². The van der Waals surface area contributed by atoms with Gasteiger partial charge in [0, 0.05) is 25.2 Å². The van der Waals surface area contributed by atoms with Gasteiger partial charge in [0.1, 0.15) is 0 Å². The number of nitro benzene ring substituents is 1. The first-order valence-electron chi connectivity index (χ1n) is 7.81. The van der Waals surface area contributed by atoms with Gasteiger partial charge in [0.15, 0.2) is 0 Å². The molecular formula is C16H18N2O4S. The molecule has 1 saturated heterocycles. The molecule has 4 atom stereocenters. The molecule has 3 aliphatic rings. The Labute approximate surface area is 135 Å². The number of sulfonamides is 1. The van der Waals surface area contributed by atoms with Crippen LogP contribution in [0.4, 0.5) is 5.69 Å². The molecule has 1 aromatic rings. The minimum atomic E-state index is -3.59. The van der Waals surface area contributed by atoms with Crippen LogP contribution in [0, 0.1) is 40.7 Å². The highest BCUT2D eigenvalue weighted by atomic mass is 32.2. The number of aryl methyl sites for hydroxylation is 1. The molecule has 2 fully saturated rings. The summed E-state index contributed by atoms with van der Waals surface area (Å²) in [6.45, 7) is 2.74. The summed E-state index contributed by atoms with van der Waals surface area (Å²) < 4.78 is 27.4. The van der Waals surface area contributed by atoms with Gasteiger partial charge >= 0.3 is 0 Å². The number of fused-ring (bicyclic) bond motifs is 5. The third kappa shape index (κ3) is 2.14. The lowest BCUT2D eigenvalue weighted by molar-refractivity contribution is -0.385. The van der Waals surface area contributed by atoms with Crippen LogP contribution in [0.3, 0.4) is 0 Å². The van der Waals surface area contributed by atoms with Crippen molar-refractivity contribution in [2.75, 3.05) is 13.1 Å². The highest BCUT2D eigenvalue weighted by molar-refractivity contribution is 7.89. The Kier molecular flexibility index (Phi) is 3.15. The first-order valence-corrected chi connectivity index (χ1v) is 9.25. The molecule has 0 radical (unpaired) electrons. The Bertz CT molecular complexity index is 797. The lowest BCUT2D eigenvalue weighted by atomic mass is 9.86. The van der Waals surface area contributed by atoms with Gasteiger partial charge in [-0.05, 0) is 48.6 Å². The number of nitro groups is 1. The summed E-state index contributed by atoms with van der Waals surface area (Å²) >= 11 is 0. The Hall–Kier alpha value is -1.73. The number of non-ortho nitro benzene ring substituents is 1. The summed E-state index contributed by atoms with van der Waals surface area (Å²) in [5, 5.41) is 10.8. The molecule has 0 N–H and O–H groups in total. The molecule has 6 nitrogen and oxygen atoms in total. The Balaban J connectivity index is 1.63. The Morgan fingerprint density at radius 1 is 1.17 bits per heavy atom. The predicted octanol–water partition coefficient (Wildman–Crippen LogP) is 2.35. The molecule has 4 unspecified atom stereocenters. The topological polar surface area (TPSA) is 80.5 Å². The van der Waals surface area contributed by atoms with Crippen molar-refractivity contribution < 1.29 is 13.3 Å². The second-order valence-corrected chi connectivity index (χ2v) is 8.71. The monoisotopic (exact) mass is 334 g/mol. The summed E-state index contributed by atoms with van der Waals surface area (Å²) in [6.07, 6.45) is 5.64. The molecule has 7 heteroatoms. The smallest absolute Gasteiger partial charge is 0.258 e. The number of hydrogen-bond acceptors (Lipinski definition) is 4. The molecule has 23 heavy (non-hydrogen) atoms. The molecule has 1 saturated carbocycles. The molecular weight excluding hydrogens is 316 g/mol. The van der Waals surface area contributed by atoms with Crippen molar-refractivity contribution in [2.45, 2.75) is 18.2 Å². The second-order valence-electron chi connectivity index (χ2n) is 6.80. The predicted molar refractivity (Wildman–Crippen MR) is 84.3 cm³/mol. The van der Waals surface area contributed by atoms with Crippen molar-refractivity contribution >= 4 is 15.7 Å². The second kappa shape index (κ2) is 4.88. The van der Waals surface area contributed by atoms with Crippen LogP contribution in [-0.4, -0.2) is 30.7 Å². The first-order chi connectivity index (χ1) is 10.9. The minimum Gasteiger partial charge on any atom is -0.258 e. The maximum atomic E-state index is 12.9. The highest BCUT2D eigenvalue weighted by Gasteiger charge is 2.51. The average Bonchev–Trinajstić information content (AvgIpc) is 3.19. The number of rotatable bonds is 3. The SMILES string of the molecule is Cc1cc([N+](=O)[O-])ccc1S(=O)(=O)N1CC2C3C=CC(C3)C2C1. The fraction of sp³-hybridized carbons (Fsp3) is 0.500. The van der Waals surface area contributed by atoms with Crippen LogP contribution in [0.1, 0.15) is 12.0 Å². The largest absolute Gasteiger partial charge is 0.269 e. The van der Waals surface area contributed by atoms with Crippen LogP contribution in [0.5, 0.6) is 0 Å². The molecule has 0 spiro atoms. The normalized spacial score (nSPS) is 32.4. The minimum absolute atomic E-state index is 0.0815. The van der Waals surface area contributed by atoms with Gasteiger partial charge in [-0.3, -0.25) is 10.1 Å². The van der Waals surface area contributed by atoms with Crippen LogP contribution in [0.25, 0.3) is 0 Å². The summed E-state index contributed by atoms with van der Waals surface area (Å²) in [4.78, 5) is 10.5. The first kappa shape index (κ1) is 14.8. The van der Waals surface area contributed by atoms with Gasteiger partial charge in [0.2, 0.25) is 10.0 Å². The fourth-order valence-electron chi connectivity index (χ4n) is 4.49.